The highest BCUT2D eigenvalue weighted by Gasteiger charge is 2.28. The minimum absolute atomic E-state index is 0.123. The Morgan fingerprint density at radius 2 is 1.60 bits per heavy atom. The third-order valence-corrected chi connectivity index (χ3v) is 4.50. The van der Waals surface area contributed by atoms with Crippen molar-refractivity contribution in [3.8, 4) is 11.5 Å². The summed E-state index contributed by atoms with van der Waals surface area (Å²) in [4.78, 5) is 14.5. The Balaban J connectivity index is 1.46. The molecule has 1 amide bonds. The summed E-state index contributed by atoms with van der Waals surface area (Å²) in [6.45, 7) is 3.28. The number of fused-ring (bicyclic) bond motifs is 1. The zero-order valence-electron chi connectivity index (χ0n) is 14.1. The Hall–Kier alpha value is -3.07. The first-order chi connectivity index (χ1) is 12.2. The summed E-state index contributed by atoms with van der Waals surface area (Å²) in [5.74, 6) is 1.73. The lowest BCUT2D eigenvalue weighted by Gasteiger charge is -2.16. The van der Waals surface area contributed by atoms with E-state index >= 15 is 0 Å². The normalized spacial score (nSPS) is 13.0. The number of hydrogen-bond acceptors (Lipinski definition) is 2. The molecule has 3 aromatic carbocycles. The number of amides is 1. The molecule has 0 atom stereocenters. The van der Waals surface area contributed by atoms with Crippen LogP contribution in [-0.2, 0) is 13.1 Å². The van der Waals surface area contributed by atoms with E-state index < -0.39 is 0 Å². The maximum Gasteiger partial charge on any atom is 0.255 e. The molecule has 0 radical (unpaired) electrons. The highest BCUT2D eigenvalue weighted by molar-refractivity contribution is 5.99. The SMILES string of the molecule is Cc1cccc2c1C(=O)N(Cc1ccc(Oc3ccccc3)cc1)C2. The summed E-state index contributed by atoms with van der Waals surface area (Å²) >= 11 is 0. The van der Waals surface area contributed by atoms with Crippen molar-refractivity contribution in [3.05, 3.63) is 95.1 Å². The van der Waals surface area contributed by atoms with Crippen molar-refractivity contribution in [3.63, 3.8) is 0 Å². The molecule has 3 heteroatoms. The largest absolute Gasteiger partial charge is 0.457 e. The number of hydrogen-bond donors (Lipinski definition) is 0. The van der Waals surface area contributed by atoms with Crippen LogP contribution in [-0.4, -0.2) is 10.8 Å². The van der Waals surface area contributed by atoms with Gasteiger partial charge in [-0.25, -0.2) is 0 Å². The van der Waals surface area contributed by atoms with Gasteiger partial charge in [0, 0.05) is 18.7 Å². The van der Waals surface area contributed by atoms with Gasteiger partial charge in [0.05, 0.1) is 0 Å². The van der Waals surface area contributed by atoms with Crippen LogP contribution in [0.5, 0.6) is 11.5 Å². The van der Waals surface area contributed by atoms with Crippen molar-refractivity contribution in [2.45, 2.75) is 20.0 Å². The van der Waals surface area contributed by atoms with Crippen LogP contribution < -0.4 is 4.74 Å². The van der Waals surface area contributed by atoms with Gasteiger partial charge in [-0.2, -0.15) is 0 Å². The maximum absolute atomic E-state index is 12.6. The van der Waals surface area contributed by atoms with E-state index in [1.165, 1.54) is 0 Å². The first kappa shape index (κ1) is 15.5. The van der Waals surface area contributed by atoms with Crippen LogP contribution in [0.4, 0.5) is 0 Å². The fourth-order valence-corrected chi connectivity index (χ4v) is 3.24. The predicted octanol–water partition coefficient (Wildman–Crippen LogP) is 4.94. The van der Waals surface area contributed by atoms with Crippen molar-refractivity contribution in [1.82, 2.24) is 4.90 Å². The van der Waals surface area contributed by atoms with Crippen LogP contribution in [0.1, 0.15) is 27.0 Å². The first-order valence-corrected chi connectivity index (χ1v) is 8.40. The quantitative estimate of drug-likeness (QED) is 0.678. The number of carbonyl (C=O) groups is 1. The van der Waals surface area contributed by atoms with E-state index in [1.807, 2.05) is 84.6 Å². The second-order valence-electron chi connectivity index (χ2n) is 6.33. The summed E-state index contributed by atoms with van der Waals surface area (Å²) in [6, 6.07) is 23.7. The Labute approximate surface area is 147 Å². The minimum atomic E-state index is 0.123. The van der Waals surface area contributed by atoms with Gasteiger partial charge < -0.3 is 9.64 Å². The van der Waals surface area contributed by atoms with Crippen molar-refractivity contribution >= 4 is 5.91 Å². The maximum atomic E-state index is 12.6. The summed E-state index contributed by atoms with van der Waals surface area (Å²) in [6.07, 6.45) is 0. The number of carbonyl (C=O) groups excluding carboxylic acids is 1. The molecule has 4 rings (SSSR count). The standard InChI is InChI=1S/C22H19NO2/c1-16-6-5-7-18-15-23(22(24)21(16)18)14-17-10-12-20(13-11-17)25-19-8-3-2-4-9-19/h2-13H,14-15H2,1H3. The van der Waals surface area contributed by atoms with Gasteiger partial charge in [0.15, 0.2) is 0 Å². The molecule has 0 saturated heterocycles. The lowest BCUT2D eigenvalue weighted by atomic mass is 10.0. The fourth-order valence-electron chi connectivity index (χ4n) is 3.24. The molecule has 0 unspecified atom stereocenters. The molecule has 3 aromatic rings. The summed E-state index contributed by atoms with van der Waals surface area (Å²) < 4.78 is 5.81. The molecular weight excluding hydrogens is 310 g/mol. The number of ether oxygens (including phenoxy) is 1. The highest BCUT2D eigenvalue weighted by atomic mass is 16.5. The third kappa shape index (κ3) is 3.13. The van der Waals surface area contributed by atoms with Crippen molar-refractivity contribution < 1.29 is 9.53 Å². The Kier molecular flexibility index (Phi) is 3.98. The second-order valence-corrected chi connectivity index (χ2v) is 6.33. The van der Waals surface area contributed by atoms with E-state index in [0.29, 0.717) is 13.1 Å². The number of nitrogens with zero attached hydrogens (tertiary/aromatic N) is 1. The molecule has 1 aliphatic rings. The van der Waals surface area contributed by atoms with Crippen LogP contribution in [0.15, 0.2) is 72.8 Å². The number of para-hydroxylation sites is 1. The first-order valence-electron chi connectivity index (χ1n) is 8.40. The Morgan fingerprint density at radius 1 is 0.880 bits per heavy atom. The topological polar surface area (TPSA) is 29.5 Å². The van der Waals surface area contributed by atoms with Crippen LogP contribution in [0.2, 0.25) is 0 Å². The fraction of sp³-hybridized carbons (Fsp3) is 0.136. The van der Waals surface area contributed by atoms with Crippen LogP contribution >= 0.6 is 0 Å². The van der Waals surface area contributed by atoms with E-state index in [9.17, 15) is 4.79 Å². The van der Waals surface area contributed by atoms with Gasteiger partial charge in [0.25, 0.3) is 5.91 Å². The molecule has 1 aliphatic heterocycles. The summed E-state index contributed by atoms with van der Waals surface area (Å²) in [5, 5.41) is 0. The van der Waals surface area contributed by atoms with Gasteiger partial charge in [-0.3, -0.25) is 4.79 Å². The third-order valence-electron chi connectivity index (χ3n) is 4.50. The van der Waals surface area contributed by atoms with Gasteiger partial charge in [-0.05, 0) is 47.9 Å². The minimum Gasteiger partial charge on any atom is -0.457 e. The zero-order chi connectivity index (χ0) is 17.2. The van der Waals surface area contributed by atoms with Crippen LogP contribution in [0.3, 0.4) is 0 Å². The van der Waals surface area contributed by atoms with E-state index in [0.717, 1.165) is 33.8 Å². The molecule has 0 spiro atoms. The van der Waals surface area contributed by atoms with Crippen LogP contribution in [0.25, 0.3) is 0 Å². The molecule has 25 heavy (non-hydrogen) atoms. The molecule has 124 valence electrons. The van der Waals surface area contributed by atoms with E-state index in [4.69, 9.17) is 4.74 Å². The molecular formula is C22H19NO2. The number of rotatable bonds is 4. The summed E-state index contributed by atoms with van der Waals surface area (Å²) in [7, 11) is 0. The lowest BCUT2D eigenvalue weighted by molar-refractivity contribution is 0.0766. The van der Waals surface area contributed by atoms with E-state index in [1.54, 1.807) is 0 Å². The molecule has 1 heterocycles. The lowest BCUT2D eigenvalue weighted by Crippen LogP contribution is -2.23. The Bertz CT molecular complexity index is 901. The smallest absolute Gasteiger partial charge is 0.255 e. The van der Waals surface area contributed by atoms with Gasteiger partial charge in [-0.1, -0.05) is 48.5 Å². The van der Waals surface area contributed by atoms with Crippen LogP contribution in [0, 0.1) is 6.92 Å². The van der Waals surface area contributed by atoms with Gasteiger partial charge in [0.1, 0.15) is 11.5 Å². The van der Waals surface area contributed by atoms with Crippen molar-refractivity contribution in [1.29, 1.82) is 0 Å². The van der Waals surface area contributed by atoms with Crippen molar-refractivity contribution in [2.24, 2.45) is 0 Å². The molecule has 0 fully saturated rings. The number of aryl methyl sites for hydroxylation is 1. The second kappa shape index (κ2) is 6.44. The highest BCUT2D eigenvalue weighted by Crippen LogP contribution is 2.28. The molecule has 0 saturated carbocycles. The van der Waals surface area contributed by atoms with Gasteiger partial charge >= 0.3 is 0 Å². The average Bonchev–Trinajstić information content (AvgIpc) is 2.95. The zero-order valence-corrected chi connectivity index (χ0v) is 14.1. The molecule has 0 N–H and O–H groups in total. The molecule has 0 bridgehead atoms. The summed E-state index contributed by atoms with van der Waals surface area (Å²) in [5.41, 5.74) is 4.14. The van der Waals surface area contributed by atoms with Crippen molar-refractivity contribution in [2.75, 3.05) is 0 Å². The van der Waals surface area contributed by atoms with E-state index in [-0.39, 0.29) is 5.91 Å². The number of benzene rings is 3. The molecule has 3 nitrogen and oxygen atoms in total. The average molecular weight is 329 g/mol. The monoisotopic (exact) mass is 329 g/mol. The molecule has 0 aliphatic carbocycles. The molecule has 0 aromatic heterocycles. The van der Waals surface area contributed by atoms with Gasteiger partial charge in [-0.15, -0.1) is 0 Å². The van der Waals surface area contributed by atoms with E-state index in [2.05, 4.69) is 0 Å². The Morgan fingerprint density at radius 3 is 2.32 bits per heavy atom. The predicted molar refractivity (Wildman–Crippen MR) is 97.7 cm³/mol. The van der Waals surface area contributed by atoms with Gasteiger partial charge in [0.2, 0.25) is 0 Å².